The maximum atomic E-state index is 13.0. The van der Waals surface area contributed by atoms with Crippen LogP contribution in [0.5, 0.6) is 5.75 Å². The van der Waals surface area contributed by atoms with Crippen LogP contribution in [-0.2, 0) is 35.5 Å². The molecule has 4 rings (SSSR count). The monoisotopic (exact) mass is 483 g/mol. The van der Waals surface area contributed by atoms with Gasteiger partial charge in [-0.15, -0.1) is 0 Å². The van der Waals surface area contributed by atoms with Crippen LogP contribution >= 0.6 is 22.9 Å². The van der Waals surface area contributed by atoms with E-state index in [1.165, 1.54) is 5.56 Å². The number of halogens is 1. The quantitative estimate of drug-likeness (QED) is 0.543. The summed E-state index contributed by atoms with van der Waals surface area (Å²) in [5, 5.41) is 7.55. The Morgan fingerprint density at radius 3 is 2.94 bits per heavy atom. The third kappa shape index (κ3) is 5.72. The molecule has 1 N–H and O–H groups in total. The third-order valence-corrected chi connectivity index (χ3v) is 6.74. The molecule has 2 amide bonds. The van der Waals surface area contributed by atoms with Crippen molar-refractivity contribution >= 4 is 34.8 Å². The maximum absolute atomic E-state index is 13.0. The second kappa shape index (κ2) is 10.4. The molecule has 0 saturated heterocycles. The number of amides is 2. The zero-order valence-corrected chi connectivity index (χ0v) is 20.2. The summed E-state index contributed by atoms with van der Waals surface area (Å²) in [6.45, 7) is 5.21. The van der Waals surface area contributed by atoms with E-state index in [0.717, 1.165) is 22.4 Å². The van der Waals surface area contributed by atoms with Crippen molar-refractivity contribution in [2.75, 3.05) is 6.54 Å². The van der Waals surface area contributed by atoms with Crippen molar-refractivity contribution in [3.8, 4) is 5.75 Å². The summed E-state index contributed by atoms with van der Waals surface area (Å²) < 4.78 is 5.81. The SMILES string of the molecule is Cc1ncc2c(c1CNC(=O)Cc1ccsc1)CCN(C(=O)[C@@H](C)Oc1cccc(Cl)c1)C2. The lowest BCUT2D eigenvalue weighted by atomic mass is 9.94. The topological polar surface area (TPSA) is 71.5 Å². The first-order chi connectivity index (χ1) is 15.9. The van der Waals surface area contributed by atoms with Gasteiger partial charge in [0.05, 0.1) is 6.42 Å². The maximum Gasteiger partial charge on any atom is 0.263 e. The summed E-state index contributed by atoms with van der Waals surface area (Å²) in [5.74, 6) is 0.482. The molecule has 33 heavy (non-hydrogen) atoms. The van der Waals surface area contributed by atoms with Crippen LogP contribution in [0.1, 0.15) is 34.9 Å². The smallest absolute Gasteiger partial charge is 0.263 e. The Kier molecular flexibility index (Phi) is 7.30. The van der Waals surface area contributed by atoms with E-state index in [4.69, 9.17) is 16.3 Å². The molecule has 0 saturated carbocycles. The Labute approximate surface area is 202 Å². The number of hydrogen-bond donors (Lipinski definition) is 1. The van der Waals surface area contributed by atoms with Crippen molar-refractivity contribution in [3.05, 3.63) is 80.3 Å². The minimum Gasteiger partial charge on any atom is -0.481 e. The first-order valence-electron chi connectivity index (χ1n) is 10.9. The summed E-state index contributed by atoms with van der Waals surface area (Å²) in [6.07, 6.45) is 2.30. The fourth-order valence-corrected chi connectivity index (χ4v) is 4.87. The number of nitrogens with zero attached hydrogens (tertiary/aromatic N) is 2. The number of aryl methyl sites for hydroxylation is 1. The Morgan fingerprint density at radius 2 is 2.18 bits per heavy atom. The number of ether oxygens (including phenoxy) is 1. The van der Waals surface area contributed by atoms with Gasteiger partial charge in [-0.05, 0) is 77.5 Å². The predicted octanol–water partition coefficient (Wildman–Crippen LogP) is 4.32. The van der Waals surface area contributed by atoms with Gasteiger partial charge in [0, 0.05) is 36.5 Å². The van der Waals surface area contributed by atoms with Crippen LogP contribution in [0.25, 0.3) is 0 Å². The normalized spacial score (nSPS) is 13.8. The predicted molar refractivity (Wildman–Crippen MR) is 130 cm³/mol. The minimum absolute atomic E-state index is 0.00925. The van der Waals surface area contributed by atoms with E-state index in [9.17, 15) is 9.59 Å². The van der Waals surface area contributed by atoms with Crippen LogP contribution in [-0.4, -0.2) is 34.3 Å². The number of rotatable bonds is 7. The van der Waals surface area contributed by atoms with Gasteiger partial charge in [-0.1, -0.05) is 17.7 Å². The Hall–Kier alpha value is -2.90. The van der Waals surface area contributed by atoms with Gasteiger partial charge in [-0.3, -0.25) is 14.6 Å². The van der Waals surface area contributed by atoms with Gasteiger partial charge in [0.25, 0.3) is 5.91 Å². The average molecular weight is 484 g/mol. The van der Waals surface area contributed by atoms with E-state index in [0.29, 0.717) is 43.2 Å². The number of carbonyl (C=O) groups excluding carboxylic acids is 2. The number of pyridine rings is 1. The third-order valence-electron chi connectivity index (χ3n) is 5.77. The molecule has 3 aromatic rings. The number of fused-ring (bicyclic) bond motifs is 1. The molecule has 2 aromatic heterocycles. The highest BCUT2D eigenvalue weighted by Gasteiger charge is 2.28. The van der Waals surface area contributed by atoms with Crippen LogP contribution in [0, 0.1) is 6.92 Å². The molecule has 0 bridgehead atoms. The van der Waals surface area contributed by atoms with Gasteiger partial charge >= 0.3 is 0 Å². The van der Waals surface area contributed by atoms with Crippen molar-refractivity contribution in [2.45, 2.75) is 45.9 Å². The molecule has 8 heteroatoms. The zero-order valence-electron chi connectivity index (χ0n) is 18.6. The van der Waals surface area contributed by atoms with E-state index in [-0.39, 0.29) is 11.8 Å². The number of thiophene rings is 1. The molecule has 1 aliphatic heterocycles. The lowest BCUT2D eigenvalue weighted by Crippen LogP contribution is -2.43. The van der Waals surface area contributed by atoms with Gasteiger partial charge in [0.1, 0.15) is 5.75 Å². The highest BCUT2D eigenvalue weighted by atomic mass is 35.5. The molecule has 6 nitrogen and oxygen atoms in total. The molecule has 1 atom stereocenters. The first-order valence-corrected chi connectivity index (χ1v) is 12.2. The van der Waals surface area contributed by atoms with Crippen LogP contribution in [0.3, 0.4) is 0 Å². The molecule has 172 valence electrons. The number of hydrogen-bond acceptors (Lipinski definition) is 5. The summed E-state index contributed by atoms with van der Waals surface area (Å²) in [5.41, 5.74) is 5.15. The molecular weight excluding hydrogens is 458 g/mol. The Bertz CT molecular complexity index is 1150. The molecule has 0 unspecified atom stereocenters. The van der Waals surface area contributed by atoms with Gasteiger partial charge in [0.15, 0.2) is 6.10 Å². The molecule has 0 spiro atoms. The molecule has 1 aromatic carbocycles. The second-order valence-electron chi connectivity index (χ2n) is 8.14. The summed E-state index contributed by atoms with van der Waals surface area (Å²) in [6, 6.07) is 9.00. The molecular formula is C25H26ClN3O3S. The standard InChI is InChI=1S/C25H26ClN3O3S/c1-16-23(13-28-24(30)10-18-7-9-33-15-18)22-6-8-29(14-19(22)12-27-16)25(31)17(2)32-21-5-3-4-20(26)11-21/h3-5,7,9,11-12,15,17H,6,8,10,13-14H2,1-2H3,(H,28,30)/t17-/m1/s1. The van der Waals surface area contributed by atoms with Crippen molar-refractivity contribution in [2.24, 2.45) is 0 Å². The van der Waals surface area contributed by atoms with Crippen LogP contribution < -0.4 is 10.1 Å². The van der Waals surface area contributed by atoms with Gasteiger partial charge in [-0.2, -0.15) is 11.3 Å². The zero-order chi connectivity index (χ0) is 23.4. The summed E-state index contributed by atoms with van der Waals surface area (Å²) in [7, 11) is 0. The average Bonchev–Trinajstić information content (AvgIpc) is 3.30. The largest absolute Gasteiger partial charge is 0.481 e. The second-order valence-corrected chi connectivity index (χ2v) is 9.35. The highest BCUT2D eigenvalue weighted by molar-refractivity contribution is 7.08. The van der Waals surface area contributed by atoms with Crippen molar-refractivity contribution in [1.29, 1.82) is 0 Å². The van der Waals surface area contributed by atoms with Crippen molar-refractivity contribution in [3.63, 3.8) is 0 Å². The number of aromatic nitrogens is 1. The molecule has 0 radical (unpaired) electrons. The Balaban J connectivity index is 1.40. The minimum atomic E-state index is -0.626. The highest BCUT2D eigenvalue weighted by Crippen LogP contribution is 2.25. The lowest BCUT2D eigenvalue weighted by molar-refractivity contribution is -0.138. The first kappa shape index (κ1) is 23.3. The number of nitrogens with one attached hydrogen (secondary N) is 1. The summed E-state index contributed by atoms with van der Waals surface area (Å²) in [4.78, 5) is 31.7. The van der Waals surface area contributed by atoms with E-state index in [1.54, 1.807) is 47.4 Å². The molecule has 3 heterocycles. The number of benzene rings is 1. The van der Waals surface area contributed by atoms with E-state index in [1.807, 2.05) is 29.9 Å². The fourth-order valence-electron chi connectivity index (χ4n) is 4.02. The van der Waals surface area contributed by atoms with Gasteiger partial charge < -0.3 is 15.0 Å². The number of carbonyl (C=O) groups is 2. The van der Waals surface area contributed by atoms with E-state index in [2.05, 4.69) is 10.3 Å². The van der Waals surface area contributed by atoms with Crippen molar-refractivity contribution in [1.82, 2.24) is 15.2 Å². The summed E-state index contributed by atoms with van der Waals surface area (Å²) >= 11 is 7.60. The van der Waals surface area contributed by atoms with Crippen LogP contribution in [0.4, 0.5) is 0 Å². The molecule has 0 aliphatic carbocycles. The van der Waals surface area contributed by atoms with E-state index >= 15 is 0 Å². The van der Waals surface area contributed by atoms with E-state index < -0.39 is 6.10 Å². The fraction of sp³-hybridized carbons (Fsp3) is 0.320. The van der Waals surface area contributed by atoms with Gasteiger partial charge in [0.2, 0.25) is 5.91 Å². The molecule has 1 aliphatic rings. The van der Waals surface area contributed by atoms with Gasteiger partial charge in [-0.25, -0.2) is 0 Å². The Morgan fingerprint density at radius 1 is 1.33 bits per heavy atom. The molecule has 0 fully saturated rings. The lowest BCUT2D eigenvalue weighted by Gasteiger charge is -2.32. The van der Waals surface area contributed by atoms with Crippen LogP contribution in [0.15, 0.2) is 47.3 Å². The van der Waals surface area contributed by atoms with Crippen LogP contribution in [0.2, 0.25) is 5.02 Å². The van der Waals surface area contributed by atoms with Crippen molar-refractivity contribution < 1.29 is 14.3 Å².